The van der Waals surface area contributed by atoms with Crippen molar-refractivity contribution < 1.29 is 37.6 Å². The molecule has 0 aromatic rings. The standard InChI is InChI=1S/C41H69O8P/c1-4-6-8-10-12-14-16-18-20-22-23-25-27-29-31-33-35-40(42)47-37-39(38-48-50(44,45)46-3)49-41(43)36-34-32-30-28-26-24-21-19-17-15-13-11-9-7-5-2/h7,9,13-16,19-22,26,28,39H,4-6,8,10-12,17-18,23-25,27,29-38H2,1-3H3,(H,44,45)/b9-7-,15-13-,16-14-,21-19-,22-20-,28-26-. The largest absolute Gasteiger partial charge is 0.472 e. The molecule has 0 aromatic heterocycles. The maximum absolute atomic E-state index is 12.4. The molecule has 0 amide bonds. The summed E-state index contributed by atoms with van der Waals surface area (Å²) in [5.74, 6) is -0.877. The quantitative estimate of drug-likeness (QED) is 0.0303. The molecule has 0 aliphatic heterocycles. The van der Waals surface area contributed by atoms with Crippen LogP contribution in [0.5, 0.6) is 0 Å². The first-order valence-corrected chi connectivity index (χ1v) is 20.6. The number of esters is 2. The average molecular weight is 721 g/mol. The van der Waals surface area contributed by atoms with E-state index in [4.69, 9.17) is 14.0 Å². The highest BCUT2D eigenvalue weighted by molar-refractivity contribution is 7.47. The van der Waals surface area contributed by atoms with Gasteiger partial charge in [-0.05, 0) is 83.5 Å². The van der Waals surface area contributed by atoms with Crippen molar-refractivity contribution in [2.24, 2.45) is 0 Å². The summed E-state index contributed by atoms with van der Waals surface area (Å²) < 4.78 is 31.8. The third-order valence-electron chi connectivity index (χ3n) is 7.68. The van der Waals surface area contributed by atoms with Crippen molar-refractivity contribution in [1.82, 2.24) is 0 Å². The number of ether oxygens (including phenoxy) is 2. The van der Waals surface area contributed by atoms with Crippen molar-refractivity contribution in [2.75, 3.05) is 20.3 Å². The van der Waals surface area contributed by atoms with Crippen molar-refractivity contribution >= 4 is 19.8 Å². The summed E-state index contributed by atoms with van der Waals surface area (Å²) in [6, 6.07) is 0. The molecule has 0 aromatic carbocycles. The number of hydrogen-bond acceptors (Lipinski definition) is 7. The van der Waals surface area contributed by atoms with E-state index in [0.717, 1.165) is 84.2 Å². The fourth-order valence-electron chi connectivity index (χ4n) is 4.74. The lowest BCUT2D eigenvalue weighted by Crippen LogP contribution is -2.29. The number of unbranched alkanes of at least 4 members (excludes halogenated alkanes) is 11. The Labute approximate surface area is 304 Å². The van der Waals surface area contributed by atoms with Crippen molar-refractivity contribution in [3.63, 3.8) is 0 Å². The molecule has 8 nitrogen and oxygen atoms in total. The summed E-state index contributed by atoms with van der Waals surface area (Å²) in [6.45, 7) is 3.69. The molecule has 0 bridgehead atoms. The second kappa shape index (κ2) is 36.3. The van der Waals surface area contributed by atoms with E-state index in [2.05, 4.69) is 91.3 Å². The van der Waals surface area contributed by atoms with Gasteiger partial charge >= 0.3 is 19.8 Å². The Balaban J connectivity index is 4.17. The summed E-state index contributed by atoms with van der Waals surface area (Å²) in [6.07, 6.45) is 45.2. The molecule has 0 spiro atoms. The maximum atomic E-state index is 12.4. The van der Waals surface area contributed by atoms with Gasteiger partial charge in [-0.2, -0.15) is 0 Å². The van der Waals surface area contributed by atoms with Crippen molar-refractivity contribution in [1.29, 1.82) is 0 Å². The lowest BCUT2D eigenvalue weighted by molar-refractivity contribution is -0.161. The van der Waals surface area contributed by atoms with Gasteiger partial charge in [-0.15, -0.1) is 0 Å². The molecule has 9 heteroatoms. The van der Waals surface area contributed by atoms with Crippen LogP contribution in [0.2, 0.25) is 0 Å². The first-order chi connectivity index (χ1) is 24.3. The van der Waals surface area contributed by atoms with E-state index in [1.54, 1.807) is 0 Å². The molecule has 0 rings (SSSR count). The lowest BCUT2D eigenvalue weighted by Gasteiger charge is -2.19. The molecule has 50 heavy (non-hydrogen) atoms. The highest BCUT2D eigenvalue weighted by atomic mass is 31.2. The molecule has 0 saturated carbocycles. The molecule has 1 N–H and O–H groups in total. The number of allylic oxidation sites excluding steroid dienone is 12. The smallest absolute Gasteiger partial charge is 0.462 e. The van der Waals surface area contributed by atoms with Crippen LogP contribution < -0.4 is 0 Å². The Morgan fingerprint density at radius 1 is 0.580 bits per heavy atom. The van der Waals surface area contributed by atoms with Crippen LogP contribution in [0.15, 0.2) is 72.9 Å². The van der Waals surface area contributed by atoms with E-state index in [9.17, 15) is 19.0 Å². The molecule has 0 aliphatic rings. The van der Waals surface area contributed by atoms with E-state index in [1.807, 2.05) is 0 Å². The number of hydrogen-bond donors (Lipinski definition) is 1. The molecular weight excluding hydrogens is 651 g/mol. The normalized spacial score (nSPS) is 14.2. The number of carbonyl (C=O) groups excluding carboxylic acids is 2. The molecule has 0 heterocycles. The molecule has 0 aliphatic carbocycles. The van der Waals surface area contributed by atoms with Gasteiger partial charge in [-0.1, -0.05) is 125 Å². The molecule has 2 unspecified atom stereocenters. The summed E-state index contributed by atoms with van der Waals surface area (Å²) in [5, 5.41) is 0. The Morgan fingerprint density at radius 3 is 1.56 bits per heavy atom. The molecule has 0 radical (unpaired) electrons. The second-order valence-corrected chi connectivity index (χ2v) is 13.9. The SMILES string of the molecule is CC/C=C\C/C=C\C/C=C\C/C=C\CCCCC(=O)OC(COC(=O)CCCCCCC/C=C\C/C=C\CCCCCC)COP(=O)(O)OC. The second-order valence-electron chi connectivity index (χ2n) is 12.3. The van der Waals surface area contributed by atoms with Crippen LogP contribution in [0.25, 0.3) is 0 Å². The molecule has 0 fully saturated rings. The molecule has 286 valence electrons. The highest BCUT2D eigenvalue weighted by Crippen LogP contribution is 2.42. The summed E-state index contributed by atoms with van der Waals surface area (Å²) in [4.78, 5) is 34.3. The van der Waals surface area contributed by atoms with Gasteiger partial charge < -0.3 is 14.4 Å². The molecule has 0 saturated heterocycles. The van der Waals surface area contributed by atoms with Crippen molar-refractivity contribution in [3.8, 4) is 0 Å². The maximum Gasteiger partial charge on any atom is 0.472 e. The summed E-state index contributed by atoms with van der Waals surface area (Å²) in [5.41, 5.74) is 0. The van der Waals surface area contributed by atoms with E-state index in [0.29, 0.717) is 12.8 Å². The Hall–Kier alpha value is -2.51. The average Bonchev–Trinajstić information content (AvgIpc) is 3.10. The van der Waals surface area contributed by atoms with Crippen molar-refractivity contribution in [3.05, 3.63) is 72.9 Å². The van der Waals surface area contributed by atoms with Gasteiger partial charge in [-0.3, -0.25) is 18.6 Å². The first-order valence-electron chi connectivity index (χ1n) is 19.1. The van der Waals surface area contributed by atoms with E-state index in [1.165, 1.54) is 32.1 Å². The third-order valence-corrected chi connectivity index (χ3v) is 8.62. The Bertz CT molecular complexity index is 1040. The number of carbonyl (C=O) groups is 2. The van der Waals surface area contributed by atoms with Gasteiger partial charge in [0.25, 0.3) is 0 Å². The van der Waals surface area contributed by atoms with Gasteiger partial charge in [-0.25, -0.2) is 4.57 Å². The van der Waals surface area contributed by atoms with Crippen LogP contribution in [-0.4, -0.2) is 43.3 Å². The number of phosphoric acid groups is 1. The van der Waals surface area contributed by atoms with Crippen LogP contribution in [-0.2, 0) is 32.7 Å². The van der Waals surface area contributed by atoms with Crippen molar-refractivity contribution in [2.45, 2.75) is 155 Å². The lowest BCUT2D eigenvalue weighted by atomic mass is 10.1. The monoisotopic (exact) mass is 720 g/mol. The zero-order valence-corrected chi connectivity index (χ0v) is 32.4. The van der Waals surface area contributed by atoms with E-state index < -0.39 is 32.5 Å². The zero-order valence-electron chi connectivity index (χ0n) is 31.5. The van der Waals surface area contributed by atoms with Crippen LogP contribution in [0.3, 0.4) is 0 Å². The minimum absolute atomic E-state index is 0.186. The Morgan fingerprint density at radius 2 is 1.02 bits per heavy atom. The van der Waals surface area contributed by atoms with Gasteiger partial charge in [0.15, 0.2) is 6.10 Å². The van der Waals surface area contributed by atoms with Gasteiger partial charge in [0.05, 0.1) is 6.61 Å². The third kappa shape index (κ3) is 35.3. The summed E-state index contributed by atoms with van der Waals surface area (Å²) in [7, 11) is -3.23. The minimum Gasteiger partial charge on any atom is -0.462 e. The highest BCUT2D eigenvalue weighted by Gasteiger charge is 2.24. The number of rotatable bonds is 34. The molecule has 2 atom stereocenters. The molecular formula is C41H69O8P. The van der Waals surface area contributed by atoms with Crippen LogP contribution in [0, 0.1) is 0 Å². The first kappa shape index (κ1) is 47.5. The van der Waals surface area contributed by atoms with Gasteiger partial charge in [0, 0.05) is 20.0 Å². The van der Waals surface area contributed by atoms with Crippen LogP contribution in [0.1, 0.15) is 149 Å². The number of phosphoric ester groups is 1. The van der Waals surface area contributed by atoms with Gasteiger partial charge in [0.1, 0.15) is 6.61 Å². The van der Waals surface area contributed by atoms with Gasteiger partial charge in [0.2, 0.25) is 0 Å². The van der Waals surface area contributed by atoms with E-state index >= 15 is 0 Å². The zero-order chi connectivity index (χ0) is 36.8. The van der Waals surface area contributed by atoms with E-state index in [-0.39, 0.29) is 19.4 Å². The fraction of sp³-hybridized carbons (Fsp3) is 0.659. The van der Waals surface area contributed by atoms with Crippen LogP contribution in [0.4, 0.5) is 0 Å². The predicted octanol–water partition coefficient (Wildman–Crippen LogP) is 11.8. The topological polar surface area (TPSA) is 108 Å². The minimum atomic E-state index is -4.28. The fourth-order valence-corrected chi connectivity index (χ4v) is 5.20. The van der Waals surface area contributed by atoms with Crippen LogP contribution >= 0.6 is 7.82 Å². The summed E-state index contributed by atoms with van der Waals surface area (Å²) >= 11 is 0. The Kier molecular flexibility index (Phi) is 34.5. The predicted molar refractivity (Wildman–Crippen MR) is 207 cm³/mol.